The van der Waals surface area contributed by atoms with E-state index in [9.17, 15) is 9.59 Å². The zero-order chi connectivity index (χ0) is 48.9. The van der Waals surface area contributed by atoms with Crippen LogP contribution in [0.15, 0.2) is 56.4 Å². The first kappa shape index (κ1) is 51.7. The van der Waals surface area contributed by atoms with E-state index < -0.39 is 0 Å². The van der Waals surface area contributed by atoms with Crippen LogP contribution in [0.4, 0.5) is 0 Å². The minimum atomic E-state index is -0.274. The number of allylic oxidation sites excluding steroid dienone is 4. The van der Waals surface area contributed by atoms with E-state index in [1.165, 1.54) is 37.0 Å². The fourth-order valence-corrected chi connectivity index (χ4v) is 13.7. The van der Waals surface area contributed by atoms with E-state index in [2.05, 4.69) is 59.4 Å². The summed E-state index contributed by atoms with van der Waals surface area (Å²) in [6.45, 7) is 9.66. The summed E-state index contributed by atoms with van der Waals surface area (Å²) in [7, 11) is 4.83. The average Bonchev–Trinajstić information content (AvgIpc) is 3.86. The third kappa shape index (κ3) is 11.5. The number of hydrogen-bond donors (Lipinski definition) is 0. The first-order valence-electron chi connectivity index (χ1n) is 26.6. The second kappa shape index (κ2) is 23.4. The van der Waals surface area contributed by atoms with Gasteiger partial charge in [0, 0.05) is 86.8 Å². The van der Waals surface area contributed by atoms with E-state index in [1.54, 1.807) is 21.3 Å². The Morgan fingerprint density at radius 3 is 2.19 bits per heavy atom. The van der Waals surface area contributed by atoms with Gasteiger partial charge in [0.15, 0.2) is 0 Å². The fourth-order valence-electron chi connectivity index (χ4n) is 13.2. The molecular formula is C54H81N5O9S2. The molecule has 0 spiro atoms. The highest BCUT2D eigenvalue weighted by Crippen LogP contribution is 2.46. The van der Waals surface area contributed by atoms with Gasteiger partial charge in [-0.2, -0.15) is 0 Å². The van der Waals surface area contributed by atoms with Crippen LogP contribution in [0, 0.1) is 29.6 Å². The summed E-state index contributed by atoms with van der Waals surface area (Å²) in [5.74, 6) is 4.21. The molecule has 0 N–H and O–H groups in total. The van der Waals surface area contributed by atoms with Crippen LogP contribution >= 0.6 is 0 Å². The van der Waals surface area contributed by atoms with Gasteiger partial charge in [-0.25, -0.2) is 0 Å². The van der Waals surface area contributed by atoms with Gasteiger partial charge in [0.1, 0.15) is 29.6 Å². The lowest BCUT2D eigenvalue weighted by molar-refractivity contribution is -0.139. The summed E-state index contributed by atoms with van der Waals surface area (Å²) in [4.78, 5) is 45.8. The number of hydrogen-bond acceptors (Lipinski definition) is 13. The van der Waals surface area contributed by atoms with Gasteiger partial charge in [-0.1, -0.05) is 36.2 Å². The highest BCUT2D eigenvalue weighted by Gasteiger charge is 2.51. The van der Waals surface area contributed by atoms with E-state index in [4.69, 9.17) is 54.3 Å². The fraction of sp³-hybridized carbons (Fsp3) is 0.778. The molecule has 0 aromatic rings. The smallest absolute Gasteiger partial charge is 0.233 e. The Morgan fingerprint density at radius 1 is 0.771 bits per heavy atom. The molecule has 1 saturated carbocycles. The summed E-state index contributed by atoms with van der Waals surface area (Å²) in [5.41, 5.74) is 2.41. The summed E-state index contributed by atoms with van der Waals surface area (Å²) < 4.78 is 42.7. The number of aliphatic imine (C=N–C) groups is 2. The highest BCUT2D eigenvalue weighted by molar-refractivity contribution is 8.29. The lowest BCUT2D eigenvalue weighted by Crippen LogP contribution is -2.48. The number of fused-ring (bicyclic) bond motifs is 8. The number of nitrogens with zero attached hydrogens (tertiary/aromatic N) is 5. The van der Waals surface area contributed by atoms with Crippen molar-refractivity contribution in [3.63, 3.8) is 0 Å². The van der Waals surface area contributed by atoms with Crippen LogP contribution in [0.1, 0.15) is 110 Å². The first-order valence-corrected chi connectivity index (χ1v) is 29.1. The SMILES string of the molecule is COCCOCCOCCN(CC(C)(C)S(C)=S)[C@@H]1C=C(COC2=C(OC)C[C@H]3C(=O)N4[C@H](C=NC3C2)CC2CCCC[C@@H]24)C[C@H](COC2=C(OC)C[C@@H]3C(=O)N4C5=CCCC[C@@H]5C[C@@H]4C=N[C@@H]3C2)C1. The van der Waals surface area contributed by atoms with Crippen molar-refractivity contribution in [2.24, 2.45) is 39.6 Å². The normalized spacial score (nSPS) is 33.3. The van der Waals surface area contributed by atoms with Crippen LogP contribution in [0.25, 0.3) is 0 Å². The molecule has 0 aromatic heterocycles. The van der Waals surface area contributed by atoms with Gasteiger partial charge in [0.05, 0.1) is 89.9 Å². The lowest BCUT2D eigenvalue weighted by Gasteiger charge is -2.41. The number of amides is 2. The van der Waals surface area contributed by atoms with Gasteiger partial charge in [-0.15, -0.1) is 9.45 Å². The van der Waals surface area contributed by atoms with Crippen LogP contribution in [0.2, 0.25) is 0 Å². The van der Waals surface area contributed by atoms with Crippen LogP contribution in [0.5, 0.6) is 0 Å². The Morgan fingerprint density at radius 2 is 1.46 bits per heavy atom. The molecule has 4 aliphatic heterocycles. The maximum Gasteiger partial charge on any atom is 0.233 e. The average molecular weight is 1010 g/mol. The minimum absolute atomic E-state index is 0.0291. The Kier molecular flexibility index (Phi) is 17.3. The molecule has 0 radical (unpaired) electrons. The van der Waals surface area contributed by atoms with E-state index >= 15 is 0 Å². The third-order valence-corrected chi connectivity index (χ3v) is 20.1. The summed E-state index contributed by atoms with van der Waals surface area (Å²) in [5, 5.41) is 0. The quantitative estimate of drug-likeness (QED) is 0.0864. The Balaban J connectivity index is 0.920. The molecule has 16 heteroatoms. The van der Waals surface area contributed by atoms with Crippen LogP contribution in [-0.4, -0.2) is 167 Å². The predicted molar refractivity (Wildman–Crippen MR) is 276 cm³/mol. The molecule has 2 amide bonds. The summed E-state index contributed by atoms with van der Waals surface area (Å²) >= 11 is 5.95. The van der Waals surface area contributed by atoms with Crippen molar-refractivity contribution in [1.82, 2.24) is 14.7 Å². The van der Waals surface area contributed by atoms with E-state index in [0.29, 0.717) is 89.8 Å². The zero-order valence-corrected chi connectivity index (χ0v) is 44.5. The van der Waals surface area contributed by atoms with Gasteiger partial charge in [0.2, 0.25) is 11.8 Å². The topological polar surface area (TPSA) is 133 Å². The Labute approximate surface area is 424 Å². The van der Waals surface area contributed by atoms with Crippen LogP contribution in [-0.2, 0) is 63.4 Å². The summed E-state index contributed by atoms with van der Waals surface area (Å²) in [6, 6.07) is 0.180. The van der Waals surface area contributed by atoms with Gasteiger partial charge in [-0.3, -0.25) is 24.5 Å². The van der Waals surface area contributed by atoms with Crippen molar-refractivity contribution in [3.8, 4) is 0 Å². The van der Waals surface area contributed by atoms with Gasteiger partial charge >= 0.3 is 0 Å². The molecule has 14 nitrogen and oxygen atoms in total. The van der Waals surface area contributed by atoms with Crippen molar-refractivity contribution >= 4 is 44.9 Å². The monoisotopic (exact) mass is 1010 g/mol. The molecule has 3 fully saturated rings. The number of carbonyl (C=O) groups excluding carboxylic acids is 2. The van der Waals surface area contributed by atoms with Crippen molar-refractivity contribution in [3.05, 3.63) is 46.5 Å². The largest absolute Gasteiger partial charge is 0.498 e. The van der Waals surface area contributed by atoms with Crippen molar-refractivity contribution in [2.45, 2.75) is 151 Å². The number of carbonyl (C=O) groups is 2. The maximum atomic E-state index is 14.4. The number of rotatable bonds is 21. The van der Waals surface area contributed by atoms with E-state index in [-0.39, 0.29) is 74.0 Å². The summed E-state index contributed by atoms with van der Waals surface area (Å²) in [6.07, 6.45) is 24.9. The number of ether oxygens (including phenoxy) is 7. The van der Waals surface area contributed by atoms with Gasteiger partial charge in [0.25, 0.3) is 0 Å². The van der Waals surface area contributed by atoms with E-state index in [1.807, 2.05) is 0 Å². The zero-order valence-electron chi connectivity index (χ0n) is 42.9. The van der Waals surface area contributed by atoms with Crippen LogP contribution in [0.3, 0.4) is 0 Å². The molecule has 70 heavy (non-hydrogen) atoms. The van der Waals surface area contributed by atoms with E-state index in [0.717, 1.165) is 81.1 Å². The number of methoxy groups -OCH3 is 3. The molecule has 9 rings (SSSR count). The van der Waals surface area contributed by atoms with Crippen molar-refractivity contribution in [2.75, 3.05) is 86.9 Å². The molecule has 0 bridgehead atoms. The second-order valence-electron chi connectivity index (χ2n) is 22.0. The molecule has 4 heterocycles. The molecule has 12 atom stereocenters. The molecule has 9 aliphatic rings. The van der Waals surface area contributed by atoms with Gasteiger partial charge in [-0.05, 0) is 95.3 Å². The lowest BCUT2D eigenvalue weighted by atomic mass is 9.83. The molecule has 2 saturated heterocycles. The third-order valence-electron chi connectivity index (χ3n) is 17.1. The molecule has 388 valence electrons. The van der Waals surface area contributed by atoms with Crippen molar-refractivity contribution < 1.29 is 42.7 Å². The standard InChI is InChI=1S/C54H81N5O9S2/c1-54(2,70(6)69)34-57(15-16-65-19-20-66-18-17-62-3)39-22-35(32-67-50-28-44-42(26-48(50)63-4)52(60)58-40(30-55-44)24-37-11-7-9-13-46(37)58)21-36(23-39)33-68-51-29-45-43(27-49(51)64-5)53(61)59-41(31-56-45)25-38-12-8-10-14-47(38)59/h13,23,30-31,35,37-45,47H,7-12,14-22,24-29,32-34H2,1-6H3/t35-,37+,38?,39-,40+,41-,42-,43+,44+,45?,47-,70?/m0/s1. The second-order valence-corrected chi connectivity index (χ2v) is 25.5. The minimum Gasteiger partial charge on any atom is -0.498 e. The van der Waals surface area contributed by atoms with Crippen LogP contribution < -0.4 is 0 Å². The molecule has 5 aliphatic carbocycles. The highest BCUT2D eigenvalue weighted by atomic mass is 32.8. The van der Waals surface area contributed by atoms with Gasteiger partial charge < -0.3 is 43.0 Å². The van der Waals surface area contributed by atoms with Crippen molar-refractivity contribution in [1.29, 1.82) is 0 Å². The molecular weight excluding hydrogens is 927 g/mol. The Bertz CT molecular complexity index is 2110. The predicted octanol–water partition coefficient (Wildman–Crippen LogP) is 7.08. The molecule has 3 unspecified atom stereocenters. The molecule has 0 aromatic carbocycles. The Hall–Kier alpha value is -3.15. The maximum absolute atomic E-state index is 14.4. The first-order chi connectivity index (χ1) is 34.0.